The molecule has 7 heteroatoms. The molecule has 1 atom stereocenters. The zero-order valence-electron chi connectivity index (χ0n) is 11.3. The van der Waals surface area contributed by atoms with Gasteiger partial charge in [-0.25, -0.2) is 0 Å². The van der Waals surface area contributed by atoms with Gasteiger partial charge in [0.25, 0.3) is 5.69 Å². The molecule has 2 heterocycles. The molecule has 0 bridgehead atoms. The van der Waals surface area contributed by atoms with Crippen LogP contribution in [0.25, 0.3) is 10.9 Å². The first-order chi connectivity index (χ1) is 10.3. The molecule has 110 valence electrons. The largest absolute Gasteiger partial charge is 0.381 e. The van der Waals surface area contributed by atoms with Crippen molar-refractivity contribution in [1.82, 2.24) is 4.98 Å². The van der Waals surface area contributed by atoms with E-state index in [0.29, 0.717) is 37.3 Å². The molecule has 0 radical (unpaired) electrons. The number of non-ortho nitro benzene ring substituents is 1. The van der Waals surface area contributed by atoms with Gasteiger partial charge in [0, 0.05) is 18.8 Å². The Bertz CT molecular complexity index is 656. The predicted molar refractivity (Wildman–Crippen MR) is 77.4 cm³/mol. The zero-order valence-corrected chi connectivity index (χ0v) is 11.3. The second-order valence-electron chi connectivity index (χ2n) is 4.74. The van der Waals surface area contributed by atoms with E-state index < -0.39 is 4.92 Å². The van der Waals surface area contributed by atoms with E-state index in [1.807, 2.05) is 0 Å². The van der Waals surface area contributed by atoms with Gasteiger partial charge in [-0.05, 0) is 18.2 Å². The Labute approximate surface area is 121 Å². The van der Waals surface area contributed by atoms with Gasteiger partial charge in [-0.2, -0.15) is 0 Å². The summed E-state index contributed by atoms with van der Waals surface area (Å²) >= 11 is 0. The average molecular weight is 289 g/mol. The molecule has 1 saturated heterocycles. The topological polar surface area (TPSA) is 86.5 Å². The van der Waals surface area contributed by atoms with Crippen LogP contribution >= 0.6 is 0 Å². The van der Waals surface area contributed by atoms with Crippen molar-refractivity contribution in [3.63, 3.8) is 0 Å². The molecule has 7 nitrogen and oxygen atoms in total. The number of rotatable bonds is 4. The van der Waals surface area contributed by atoms with Crippen LogP contribution in [0.5, 0.6) is 0 Å². The SMILES string of the molecule is O=[N+]([O-])c1ccc(NCC2COCCO2)c2ncccc12. The Kier molecular flexibility index (Phi) is 3.94. The van der Waals surface area contributed by atoms with Crippen LogP contribution in [0.1, 0.15) is 0 Å². The number of nitro groups is 1. The normalized spacial score (nSPS) is 18.6. The Morgan fingerprint density at radius 2 is 2.29 bits per heavy atom. The molecule has 1 unspecified atom stereocenters. The number of pyridine rings is 1. The van der Waals surface area contributed by atoms with Crippen LogP contribution in [0.4, 0.5) is 11.4 Å². The first-order valence-electron chi connectivity index (χ1n) is 6.71. The zero-order chi connectivity index (χ0) is 14.7. The van der Waals surface area contributed by atoms with E-state index in [4.69, 9.17) is 9.47 Å². The lowest BCUT2D eigenvalue weighted by molar-refractivity contribution is -0.383. The fourth-order valence-corrected chi connectivity index (χ4v) is 2.34. The van der Waals surface area contributed by atoms with Crippen molar-refractivity contribution in [2.75, 3.05) is 31.7 Å². The second-order valence-corrected chi connectivity index (χ2v) is 4.74. The third-order valence-corrected chi connectivity index (χ3v) is 3.35. The lowest BCUT2D eigenvalue weighted by Gasteiger charge is -2.23. The molecule has 0 amide bonds. The summed E-state index contributed by atoms with van der Waals surface area (Å²) in [4.78, 5) is 14.9. The van der Waals surface area contributed by atoms with Gasteiger partial charge >= 0.3 is 0 Å². The van der Waals surface area contributed by atoms with Crippen molar-refractivity contribution in [2.24, 2.45) is 0 Å². The number of hydrogen-bond donors (Lipinski definition) is 1. The van der Waals surface area contributed by atoms with Crippen molar-refractivity contribution < 1.29 is 14.4 Å². The number of fused-ring (bicyclic) bond motifs is 1. The minimum atomic E-state index is -0.397. The van der Waals surface area contributed by atoms with Crippen molar-refractivity contribution in [3.8, 4) is 0 Å². The van der Waals surface area contributed by atoms with Gasteiger partial charge in [-0.3, -0.25) is 15.1 Å². The quantitative estimate of drug-likeness (QED) is 0.684. The number of nitrogens with one attached hydrogen (secondary N) is 1. The molecule has 1 aromatic carbocycles. The highest BCUT2D eigenvalue weighted by Gasteiger charge is 2.17. The maximum absolute atomic E-state index is 11.1. The molecule has 2 aromatic rings. The van der Waals surface area contributed by atoms with Crippen molar-refractivity contribution in [3.05, 3.63) is 40.6 Å². The standard InChI is InChI=1S/C14H15N3O4/c18-17(19)13-4-3-12(14-11(13)2-1-5-15-14)16-8-10-9-20-6-7-21-10/h1-5,10,16H,6-9H2. The van der Waals surface area contributed by atoms with Crippen molar-refractivity contribution in [1.29, 1.82) is 0 Å². The molecular weight excluding hydrogens is 274 g/mol. The fraction of sp³-hybridized carbons (Fsp3) is 0.357. The monoisotopic (exact) mass is 289 g/mol. The Balaban J connectivity index is 1.85. The maximum atomic E-state index is 11.1. The lowest BCUT2D eigenvalue weighted by Crippen LogP contribution is -2.34. The molecular formula is C14H15N3O4. The molecule has 1 aliphatic heterocycles. The van der Waals surface area contributed by atoms with Gasteiger partial charge in [0.15, 0.2) is 0 Å². The molecule has 0 saturated carbocycles. The van der Waals surface area contributed by atoms with Crippen molar-refractivity contribution in [2.45, 2.75) is 6.10 Å². The molecule has 3 rings (SSSR count). The minimum absolute atomic E-state index is 0.0206. The van der Waals surface area contributed by atoms with Crippen LogP contribution in [0.3, 0.4) is 0 Å². The van der Waals surface area contributed by atoms with Gasteiger partial charge in [0.05, 0.1) is 41.9 Å². The van der Waals surface area contributed by atoms with E-state index in [9.17, 15) is 10.1 Å². The van der Waals surface area contributed by atoms with Gasteiger partial charge in [-0.15, -0.1) is 0 Å². The van der Waals surface area contributed by atoms with Gasteiger partial charge in [-0.1, -0.05) is 0 Å². The van der Waals surface area contributed by atoms with E-state index in [2.05, 4.69) is 10.3 Å². The summed E-state index contributed by atoms with van der Waals surface area (Å²) < 4.78 is 10.9. The van der Waals surface area contributed by atoms with E-state index in [1.54, 1.807) is 24.4 Å². The molecule has 1 aromatic heterocycles. The Morgan fingerprint density at radius 3 is 3.05 bits per heavy atom. The number of ether oxygens (including phenoxy) is 2. The minimum Gasteiger partial charge on any atom is -0.381 e. The fourth-order valence-electron chi connectivity index (χ4n) is 2.34. The van der Waals surface area contributed by atoms with Crippen LogP contribution in [-0.2, 0) is 9.47 Å². The Hall–Kier alpha value is -2.25. The number of benzene rings is 1. The lowest BCUT2D eigenvalue weighted by atomic mass is 10.1. The van der Waals surface area contributed by atoms with Crippen molar-refractivity contribution >= 4 is 22.3 Å². The van der Waals surface area contributed by atoms with Gasteiger partial charge in [0.2, 0.25) is 0 Å². The van der Waals surface area contributed by atoms with E-state index in [0.717, 1.165) is 5.69 Å². The second kappa shape index (κ2) is 6.02. The number of anilines is 1. The molecule has 1 N–H and O–H groups in total. The molecule has 1 fully saturated rings. The number of nitro benzene ring substituents is 1. The summed E-state index contributed by atoms with van der Waals surface area (Å²) in [6.07, 6.45) is 1.60. The third-order valence-electron chi connectivity index (χ3n) is 3.35. The van der Waals surface area contributed by atoms with E-state index in [1.165, 1.54) is 6.07 Å². The van der Waals surface area contributed by atoms with E-state index >= 15 is 0 Å². The van der Waals surface area contributed by atoms with Crippen LogP contribution in [0, 0.1) is 10.1 Å². The first kappa shape index (κ1) is 13.7. The van der Waals surface area contributed by atoms with Crippen LogP contribution in [0.2, 0.25) is 0 Å². The Morgan fingerprint density at radius 1 is 1.38 bits per heavy atom. The molecule has 0 spiro atoms. The summed E-state index contributed by atoms with van der Waals surface area (Å²) in [6, 6.07) is 6.56. The van der Waals surface area contributed by atoms with E-state index in [-0.39, 0.29) is 11.8 Å². The maximum Gasteiger partial charge on any atom is 0.278 e. The highest BCUT2D eigenvalue weighted by atomic mass is 16.6. The van der Waals surface area contributed by atoms with Crippen LogP contribution in [-0.4, -0.2) is 42.4 Å². The third kappa shape index (κ3) is 2.93. The predicted octanol–water partition coefficient (Wildman–Crippen LogP) is 1.97. The molecule has 0 aliphatic carbocycles. The number of hydrogen-bond acceptors (Lipinski definition) is 6. The molecule has 1 aliphatic rings. The summed E-state index contributed by atoms with van der Waals surface area (Å²) in [5.41, 5.74) is 1.40. The van der Waals surface area contributed by atoms with Gasteiger partial charge in [0.1, 0.15) is 5.52 Å². The van der Waals surface area contributed by atoms with Crippen LogP contribution < -0.4 is 5.32 Å². The average Bonchev–Trinajstić information content (AvgIpc) is 2.53. The highest BCUT2D eigenvalue weighted by Crippen LogP contribution is 2.29. The summed E-state index contributed by atoms with van der Waals surface area (Å²) in [7, 11) is 0. The van der Waals surface area contributed by atoms with Crippen LogP contribution in [0.15, 0.2) is 30.5 Å². The smallest absolute Gasteiger partial charge is 0.278 e. The highest BCUT2D eigenvalue weighted by molar-refractivity contribution is 5.96. The number of aromatic nitrogens is 1. The summed E-state index contributed by atoms with van der Waals surface area (Å²) in [5.74, 6) is 0. The summed E-state index contributed by atoms with van der Waals surface area (Å²) in [6.45, 7) is 2.33. The first-order valence-corrected chi connectivity index (χ1v) is 6.71. The summed E-state index contributed by atoms with van der Waals surface area (Å²) in [5, 5.41) is 14.8. The molecule has 21 heavy (non-hydrogen) atoms. The number of nitrogens with zero attached hydrogens (tertiary/aromatic N) is 2. The van der Waals surface area contributed by atoms with Gasteiger partial charge < -0.3 is 14.8 Å².